The molecule has 2 rings (SSSR count). The minimum absolute atomic E-state index is 0.642. The first-order valence-electron chi connectivity index (χ1n) is 5.42. The van der Waals surface area contributed by atoms with Crippen LogP contribution in [0.2, 0.25) is 0 Å². The molecule has 0 aromatic heterocycles. The lowest BCUT2D eigenvalue weighted by Crippen LogP contribution is -2.24. The first kappa shape index (κ1) is 11.3. The molecule has 1 aliphatic rings. The average molecular weight is 236 g/mol. The van der Waals surface area contributed by atoms with Gasteiger partial charge in [0.05, 0.1) is 7.11 Å². The molecule has 0 amide bonds. The number of amidine groups is 1. The molecule has 1 saturated heterocycles. The van der Waals surface area contributed by atoms with E-state index >= 15 is 0 Å². The van der Waals surface area contributed by atoms with Gasteiger partial charge in [-0.05, 0) is 18.1 Å². The van der Waals surface area contributed by atoms with Gasteiger partial charge in [-0.25, -0.2) is 0 Å². The normalized spacial score (nSPS) is 15.6. The second-order valence-corrected chi connectivity index (χ2v) is 4.74. The number of aryl methyl sites for hydroxylation is 1. The highest BCUT2D eigenvalue weighted by molar-refractivity contribution is 8.14. The number of hydrogen-bond acceptors (Lipinski definition) is 3. The molecule has 16 heavy (non-hydrogen) atoms. The van der Waals surface area contributed by atoms with E-state index in [-0.39, 0.29) is 0 Å². The summed E-state index contributed by atoms with van der Waals surface area (Å²) in [4.78, 5) is 2.06. The van der Waals surface area contributed by atoms with Crippen LogP contribution in [0.4, 0.5) is 5.69 Å². The standard InChI is InChI=1S/C12H16N2OS/c1-3-9-4-5-10(15-2)8-11(9)14-6-7-16-12(14)13/h4-5,8,13H,3,6-7H2,1-2H3. The number of nitrogens with zero attached hydrogens (tertiary/aromatic N) is 1. The highest BCUT2D eigenvalue weighted by Gasteiger charge is 2.21. The van der Waals surface area contributed by atoms with Crippen LogP contribution >= 0.6 is 11.8 Å². The van der Waals surface area contributed by atoms with Crippen LogP contribution in [0.3, 0.4) is 0 Å². The molecule has 1 aliphatic heterocycles. The maximum atomic E-state index is 7.89. The molecule has 0 unspecified atom stereocenters. The lowest BCUT2D eigenvalue weighted by Gasteiger charge is -2.20. The molecular weight excluding hydrogens is 220 g/mol. The molecule has 0 atom stereocenters. The summed E-state index contributed by atoms with van der Waals surface area (Å²) in [6.07, 6.45) is 0.980. The molecule has 1 fully saturated rings. The van der Waals surface area contributed by atoms with Crippen molar-refractivity contribution in [1.82, 2.24) is 0 Å². The van der Waals surface area contributed by atoms with Crippen molar-refractivity contribution >= 4 is 22.6 Å². The third-order valence-electron chi connectivity index (χ3n) is 2.76. The van der Waals surface area contributed by atoms with E-state index in [1.165, 1.54) is 5.56 Å². The smallest absolute Gasteiger partial charge is 0.160 e. The van der Waals surface area contributed by atoms with Crippen LogP contribution in [-0.4, -0.2) is 24.6 Å². The Labute approximate surface area is 100 Å². The summed E-state index contributed by atoms with van der Waals surface area (Å²) in [5.41, 5.74) is 2.39. The highest BCUT2D eigenvalue weighted by atomic mass is 32.2. The van der Waals surface area contributed by atoms with Crippen LogP contribution in [0.5, 0.6) is 5.75 Å². The summed E-state index contributed by atoms with van der Waals surface area (Å²) in [5, 5.41) is 8.53. The Morgan fingerprint density at radius 3 is 2.88 bits per heavy atom. The fraction of sp³-hybridized carbons (Fsp3) is 0.417. The first-order chi connectivity index (χ1) is 7.76. The number of methoxy groups -OCH3 is 1. The molecule has 4 heteroatoms. The lowest BCUT2D eigenvalue weighted by molar-refractivity contribution is 0.415. The average Bonchev–Trinajstić information content (AvgIpc) is 2.74. The van der Waals surface area contributed by atoms with Gasteiger partial charge < -0.3 is 9.64 Å². The Morgan fingerprint density at radius 1 is 1.50 bits per heavy atom. The Bertz CT molecular complexity index is 406. The topological polar surface area (TPSA) is 36.3 Å². The van der Waals surface area contributed by atoms with E-state index in [9.17, 15) is 0 Å². The largest absolute Gasteiger partial charge is 0.497 e. The van der Waals surface area contributed by atoms with E-state index in [2.05, 4.69) is 17.9 Å². The van der Waals surface area contributed by atoms with Gasteiger partial charge in [0.15, 0.2) is 5.17 Å². The third kappa shape index (κ3) is 2.02. The van der Waals surface area contributed by atoms with E-state index in [1.54, 1.807) is 18.9 Å². The molecule has 0 aliphatic carbocycles. The zero-order valence-electron chi connectivity index (χ0n) is 9.62. The van der Waals surface area contributed by atoms with Gasteiger partial charge in [-0.3, -0.25) is 5.41 Å². The number of anilines is 1. The van der Waals surface area contributed by atoms with Gasteiger partial charge in [-0.15, -0.1) is 0 Å². The maximum absolute atomic E-state index is 7.89. The Morgan fingerprint density at radius 2 is 2.31 bits per heavy atom. The van der Waals surface area contributed by atoms with E-state index in [0.29, 0.717) is 5.17 Å². The summed E-state index contributed by atoms with van der Waals surface area (Å²) < 4.78 is 5.25. The van der Waals surface area contributed by atoms with Crippen LogP contribution in [0, 0.1) is 5.41 Å². The second kappa shape index (κ2) is 4.78. The number of benzene rings is 1. The van der Waals surface area contributed by atoms with Gasteiger partial charge in [-0.2, -0.15) is 0 Å². The second-order valence-electron chi connectivity index (χ2n) is 3.65. The van der Waals surface area contributed by atoms with Crippen LogP contribution in [0.15, 0.2) is 18.2 Å². The number of thioether (sulfide) groups is 1. The number of ether oxygens (including phenoxy) is 1. The summed E-state index contributed by atoms with van der Waals surface area (Å²) in [6.45, 7) is 3.06. The SMILES string of the molecule is CCc1ccc(OC)cc1N1CCSC1=N. The van der Waals surface area contributed by atoms with E-state index < -0.39 is 0 Å². The molecular formula is C12H16N2OS. The molecule has 86 valence electrons. The monoisotopic (exact) mass is 236 g/mol. The Hall–Kier alpha value is -1.16. The van der Waals surface area contributed by atoms with Crippen molar-refractivity contribution in [2.45, 2.75) is 13.3 Å². The first-order valence-corrected chi connectivity index (χ1v) is 6.40. The quantitative estimate of drug-likeness (QED) is 0.876. The number of rotatable bonds is 3. The predicted octanol–water partition coefficient (Wildman–Crippen LogP) is 2.75. The molecule has 0 bridgehead atoms. The van der Waals surface area contributed by atoms with Gasteiger partial charge in [0, 0.05) is 24.1 Å². The minimum Gasteiger partial charge on any atom is -0.497 e. The predicted molar refractivity (Wildman–Crippen MR) is 69.9 cm³/mol. The van der Waals surface area contributed by atoms with E-state index in [4.69, 9.17) is 10.1 Å². The van der Waals surface area contributed by atoms with Gasteiger partial charge in [0.1, 0.15) is 5.75 Å². The van der Waals surface area contributed by atoms with Crippen molar-refractivity contribution in [2.75, 3.05) is 24.3 Å². The van der Waals surface area contributed by atoms with Gasteiger partial charge in [-0.1, -0.05) is 24.8 Å². The zero-order valence-corrected chi connectivity index (χ0v) is 10.4. The summed E-state index contributed by atoms with van der Waals surface area (Å²) in [6, 6.07) is 6.10. The van der Waals surface area contributed by atoms with Crippen molar-refractivity contribution in [3.05, 3.63) is 23.8 Å². The van der Waals surface area contributed by atoms with Gasteiger partial charge in [0.2, 0.25) is 0 Å². The maximum Gasteiger partial charge on any atom is 0.160 e. The summed E-state index contributed by atoms with van der Waals surface area (Å²) in [5.74, 6) is 1.86. The number of nitrogens with one attached hydrogen (secondary N) is 1. The van der Waals surface area contributed by atoms with Crippen LogP contribution < -0.4 is 9.64 Å². The molecule has 1 aromatic rings. The third-order valence-corrected chi connectivity index (χ3v) is 3.64. The molecule has 0 saturated carbocycles. The minimum atomic E-state index is 0.642. The lowest BCUT2D eigenvalue weighted by atomic mass is 10.1. The molecule has 0 spiro atoms. The molecule has 0 radical (unpaired) electrons. The van der Waals surface area contributed by atoms with Crippen LogP contribution in [-0.2, 0) is 6.42 Å². The molecule has 1 heterocycles. The van der Waals surface area contributed by atoms with Crippen molar-refractivity contribution in [1.29, 1.82) is 5.41 Å². The van der Waals surface area contributed by atoms with Crippen molar-refractivity contribution in [2.24, 2.45) is 0 Å². The van der Waals surface area contributed by atoms with Crippen molar-refractivity contribution in [3.63, 3.8) is 0 Å². The van der Waals surface area contributed by atoms with Crippen LogP contribution in [0.1, 0.15) is 12.5 Å². The fourth-order valence-corrected chi connectivity index (χ4v) is 2.68. The van der Waals surface area contributed by atoms with Crippen LogP contribution in [0.25, 0.3) is 0 Å². The molecule has 1 aromatic carbocycles. The van der Waals surface area contributed by atoms with Gasteiger partial charge in [0.25, 0.3) is 0 Å². The molecule has 3 nitrogen and oxygen atoms in total. The highest BCUT2D eigenvalue weighted by Crippen LogP contribution is 2.31. The fourth-order valence-electron chi connectivity index (χ4n) is 1.86. The Balaban J connectivity index is 2.39. The summed E-state index contributed by atoms with van der Waals surface area (Å²) in [7, 11) is 1.68. The van der Waals surface area contributed by atoms with Gasteiger partial charge >= 0.3 is 0 Å². The Kier molecular flexibility index (Phi) is 3.39. The van der Waals surface area contributed by atoms with E-state index in [0.717, 1.165) is 30.2 Å². The molecule has 1 N–H and O–H groups in total. The summed E-state index contributed by atoms with van der Waals surface area (Å²) >= 11 is 1.60. The zero-order chi connectivity index (χ0) is 11.5. The number of hydrogen-bond donors (Lipinski definition) is 1. The van der Waals surface area contributed by atoms with Crippen molar-refractivity contribution < 1.29 is 4.74 Å². The van der Waals surface area contributed by atoms with E-state index in [1.807, 2.05) is 12.1 Å². The van der Waals surface area contributed by atoms with Crippen molar-refractivity contribution in [3.8, 4) is 5.75 Å².